The number of nitrogens with zero attached hydrogens (tertiary/aromatic N) is 2. The third-order valence-electron chi connectivity index (χ3n) is 2.17. The molecular weight excluding hydrogens is 276 g/mol. The maximum atomic E-state index is 10.8. The molecule has 0 atom stereocenters. The van der Waals surface area contributed by atoms with Crippen LogP contribution in [0.5, 0.6) is 5.75 Å². The molecule has 2 rings (SSSR count). The number of pyridine rings is 1. The highest BCUT2D eigenvalue weighted by Crippen LogP contribution is 2.32. The van der Waals surface area contributed by atoms with Crippen molar-refractivity contribution in [2.75, 3.05) is 7.11 Å². The summed E-state index contributed by atoms with van der Waals surface area (Å²) in [6.45, 7) is 0. The van der Waals surface area contributed by atoms with E-state index in [-0.39, 0.29) is 5.69 Å². The molecule has 5 nitrogen and oxygen atoms in total. The molecule has 1 aromatic heterocycles. The monoisotopic (exact) mass is 282 g/mol. The number of hydrogen-bond donors (Lipinski definition) is 0. The van der Waals surface area contributed by atoms with E-state index in [2.05, 4.69) is 20.9 Å². The Bertz CT molecular complexity index is 571. The number of aromatic nitrogens is 1. The first-order valence-electron chi connectivity index (χ1n) is 4.40. The zero-order chi connectivity index (χ0) is 11.7. The number of nitro benzene ring substituents is 1. The molecule has 16 heavy (non-hydrogen) atoms. The maximum absolute atomic E-state index is 10.8. The quantitative estimate of drug-likeness (QED) is 0.628. The number of benzene rings is 1. The van der Waals surface area contributed by atoms with Crippen LogP contribution in [0.3, 0.4) is 0 Å². The van der Waals surface area contributed by atoms with Crippen molar-refractivity contribution in [1.82, 2.24) is 4.98 Å². The molecule has 0 spiro atoms. The zero-order valence-corrected chi connectivity index (χ0v) is 9.89. The molecule has 0 saturated carbocycles. The summed E-state index contributed by atoms with van der Waals surface area (Å²) in [5.74, 6) is 0.564. The molecule has 0 aliphatic rings. The van der Waals surface area contributed by atoms with Crippen molar-refractivity contribution in [2.45, 2.75) is 0 Å². The van der Waals surface area contributed by atoms with Gasteiger partial charge in [-0.1, -0.05) is 0 Å². The Kier molecular flexibility index (Phi) is 2.74. The van der Waals surface area contributed by atoms with Gasteiger partial charge in [-0.2, -0.15) is 0 Å². The highest BCUT2D eigenvalue weighted by atomic mass is 79.9. The van der Waals surface area contributed by atoms with Crippen molar-refractivity contribution < 1.29 is 9.66 Å². The molecule has 2 aromatic rings. The second-order valence-electron chi connectivity index (χ2n) is 3.09. The van der Waals surface area contributed by atoms with Gasteiger partial charge in [-0.25, -0.2) is 4.98 Å². The minimum atomic E-state index is -0.456. The smallest absolute Gasteiger partial charge is 0.295 e. The first-order chi connectivity index (χ1) is 7.63. The normalized spacial score (nSPS) is 10.4. The number of fused-ring (bicyclic) bond motifs is 1. The number of methoxy groups -OCH3 is 1. The standard InChI is InChI=1S/C10H7BrN2O3/c1-16-9-3-2-8(13(14)15)10-7(9)4-6(11)5-12-10/h2-5H,1H3. The van der Waals surface area contributed by atoms with Crippen LogP contribution in [0, 0.1) is 10.1 Å². The van der Waals surface area contributed by atoms with E-state index in [1.165, 1.54) is 19.4 Å². The fourth-order valence-electron chi connectivity index (χ4n) is 1.48. The molecular formula is C10H7BrN2O3. The summed E-state index contributed by atoms with van der Waals surface area (Å²) in [6, 6.07) is 4.70. The summed E-state index contributed by atoms with van der Waals surface area (Å²) < 4.78 is 5.88. The Labute approximate surface area is 99.3 Å². The number of ether oxygens (including phenoxy) is 1. The lowest BCUT2D eigenvalue weighted by molar-refractivity contribution is -0.383. The second-order valence-corrected chi connectivity index (χ2v) is 4.01. The summed E-state index contributed by atoms with van der Waals surface area (Å²) in [4.78, 5) is 14.4. The molecule has 0 N–H and O–H groups in total. The van der Waals surface area contributed by atoms with E-state index in [4.69, 9.17) is 4.74 Å². The Hall–Kier alpha value is -1.69. The van der Waals surface area contributed by atoms with Crippen LogP contribution in [0.25, 0.3) is 10.9 Å². The van der Waals surface area contributed by atoms with E-state index in [1.54, 1.807) is 12.1 Å². The predicted octanol–water partition coefficient (Wildman–Crippen LogP) is 2.91. The summed E-state index contributed by atoms with van der Waals surface area (Å²) in [5.41, 5.74) is 0.302. The van der Waals surface area contributed by atoms with Crippen molar-refractivity contribution >= 4 is 32.5 Å². The van der Waals surface area contributed by atoms with Crippen LogP contribution >= 0.6 is 15.9 Å². The van der Waals surface area contributed by atoms with Crippen LogP contribution in [-0.2, 0) is 0 Å². The van der Waals surface area contributed by atoms with E-state index in [0.717, 1.165) is 4.47 Å². The molecule has 82 valence electrons. The maximum Gasteiger partial charge on any atom is 0.295 e. The van der Waals surface area contributed by atoms with Crippen LogP contribution in [0.4, 0.5) is 5.69 Å². The molecule has 1 heterocycles. The molecule has 0 radical (unpaired) electrons. The minimum Gasteiger partial charge on any atom is -0.496 e. The van der Waals surface area contributed by atoms with Crippen LogP contribution in [0.1, 0.15) is 0 Å². The van der Waals surface area contributed by atoms with Gasteiger partial charge < -0.3 is 4.74 Å². The van der Waals surface area contributed by atoms with Gasteiger partial charge in [0.1, 0.15) is 5.75 Å². The van der Waals surface area contributed by atoms with Gasteiger partial charge in [0.2, 0.25) is 0 Å². The largest absolute Gasteiger partial charge is 0.496 e. The molecule has 0 unspecified atom stereocenters. The van der Waals surface area contributed by atoms with Crippen LogP contribution < -0.4 is 4.74 Å². The van der Waals surface area contributed by atoms with Crippen molar-refractivity contribution in [1.29, 1.82) is 0 Å². The van der Waals surface area contributed by atoms with E-state index in [9.17, 15) is 10.1 Å². The van der Waals surface area contributed by atoms with Crippen LogP contribution in [0.2, 0.25) is 0 Å². The first kappa shape index (κ1) is 10.8. The highest BCUT2D eigenvalue weighted by Gasteiger charge is 2.16. The lowest BCUT2D eigenvalue weighted by atomic mass is 10.2. The highest BCUT2D eigenvalue weighted by molar-refractivity contribution is 9.10. The Morgan fingerprint density at radius 1 is 1.50 bits per heavy atom. The third kappa shape index (κ3) is 1.71. The van der Waals surface area contributed by atoms with Gasteiger partial charge in [0.05, 0.1) is 17.4 Å². The topological polar surface area (TPSA) is 65.3 Å². The third-order valence-corrected chi connectivity index (χ3v) is 2.61. The fraction of sp³-hybridized carbons (Fsp3) is 0.100. The number of non-ortho nitro benzene ring substituents is 1. The van der Waals surface area contributed by atoms with E-state index < -0.39 is 4.92 Å². The van der Waals surface area contributed by atoms with Crippen LogP contribution in [0.15, 0.2) is 28.9 Å². The number of nitro groups is 1. The summed E-state index contributed by atoms with van der Waals surface area (Å²) in [7, 11) is 1.52. The number of rotatable bonds is 2. The van der Waals surface area contributed by atoms with Crippen molar-refractivity contribution in [3.8, 4) is 5.75 Å². The SMILES string of the molecule is COc1ccc([N+](=O)[O-])c2ncc(Br)cc12. The molecule has 0 amide bonds. The van der Waals surface area contributed by atoms with Gasteiger partial charge in [-0.3, -0.25) is 10.1 Å². The second kappa shape index (κ2) is 4.05. The lowest BCUT2D eigenvalue weighted by Crippen LogP contribution is -1.93. The van der Waals surface area contributed by atoms with Gasteiger partial charge in [-0.15, -0.1) is 0 Å². The summed E-state index contributed by atoms with van der Waals surface area (Å²) in [5, 5.41) is 11.4. The summed E-state index contributed by atoms with van der Waals surface area (Å²) >= 11 is 3.27. The lowest BCUT2D eigenvalue weighted by Gasteiger charge is -2.05. The Morgan fingerprint density at radius 2 is 2.25 bits per heavy atom. The van der Waals surface area contributed by atoms with Crippen LogP contribution in [-0.4, -0.2) is 17.0 Å². The molecule has 0 fully saturated rings. The van der Waals surface area contributed by atoms with Crippen molar-refractivity contribution in [2.24, 2.45) is 0 Å². The Morgan fingerprint density at radius 3 is 2.88 bits per heavy atom. The number of hydrogen-bond acceptors (Lipinski definition) is 4. The van der Waals surface area contributed by atoms with Crippen molar-refractivity contribution in [3.63, 3.8) is 0 Å². The van der Waals surface area contributed by atoms with Gasteiger partial charge in [-0.05, 0) is 28.1 Å². The molecule has 1 aromatic carbocycles. The van der Waals surface area contributed by atoms with Crippen molar-refractivity contribution in [3.05, 3.63) is 39.0 Å². The molecule has 0 aliphatic heterocycles. The first-order valence-corrected chi connectivity index (χ1v) is 5.19. The molecule has 0 aliphatic carbocycles. The van der Waals surface area contributed by atoms with E-state index >= 15 is 0 Å². The van der Waals surface area contributed by atoms with Gasteiger partial charge >= 0.3 is 0 Å². The number of halogens is 1. The van der Waals surface area contributed by atoms with E-state index in [0.29, 0.717) is 16.7 Å². The Balaban J connectivity index is 2.85. The molecule has 0 bridgehead atoms. The van der Waals surface area contributed by atoms with Gasteiger partial charge in [0.25, 0.3) is 5.69 Å². The summed E-state index contributed by atoms with van der Waals surface area (Å²) in [6.07, 6.45) is 1.52. The molecule has 0 saturated heterocycles. The predicted molar refractivity (Wildman–Crippen MR) is 62.6 cm³/mol. The van der Waals surface area contributed by atoms with E-state index in [1.807, 2.05) is 0 Å². The molecule has 6 heteroatoms. The van der Waals surface area contributed by atoms with Gasteiger partial charge in [0.15, 0.2) is 5.52 Å². The minimum absolute atomic E-state index is 0.0247. The van der Waals surface area contributed by atoms with Gasteiger partial charge in [0, 0.05) is 16.7 Å². The fourth-order valence-corrected chi connectivity index (χ4v) is 1.81. The average molecular weight is 283 g/mol. The zero-order valence-electron chi connectivity index (χ0n) is 8.31. The average Bonchev–Trinajstić information content (AvgIpc) is 2.27.